The van der Waals surface area contributed by atoms with Crippen molar-refractivity contribution in [3.8, 4) is 0 Å². The van der Waals surface area contributed by atoms with Gasteiger partial charge >= 0.3 is 0 Å². The Balaban J connectivity index is 2.20. The van der Waals surface area contributed by atoms with Crippen LogP contribution in [0.15, 0.2) is 11.4 Å². The summed E-state index contributed by atoms with van der Waals surface area (Å²) in [4.78, 5) is 8.87. The van der Waals surface area contributed by atoms with E-state index in [-0.39, 0.29) is 0 Å². The Labute approximate surface area is 119 Å². The second kappa shape index (κ2) is 7.10. The molecule has 0 bridgehead atoms. The maximum absolute atomic E-state index is 5.64. The molecule has 106 valence electrons. The third kappa shape index (κ3) is 3.60. The zero-order chi connectivity index (χ0) is 13.7. The summed E-state index contributed by atoms with van der Waals surface area (Å²) in [7, 11) is 0. The quantitative estimate of drug-likeness (QED) is 0.812. The fraction of sp³-hybridized carbons (Fsp3) is 0.714. The zero-order valence-electron chi connectivity index (χ0n) is 12.0. The maximum Gasteiger partial charge on any atom is 0.133 e. The lowest BCUT2D eigenvalue weighted by molar-refractivity contribution is 0.127. The molecule has 0 amide bonds. The maximum atomic E-state index is 5.64. The van der Waals surface area contributed by atoms with Gasteiger partial charge in [0.2, 0.25) is 0 Å². The number of ether oxygens (including phenoxy) is 1. The average molecular weight is 281 g/mol. The molecular weight excluding hydrogens is 258 g/mol. The minimum atomic E-state index is 0.317. The number of hydrogen-bond acceptors (Lipinski definition) is 5. The Hall–Kier alpha value is -0.810. The minimum absolute atomic E-state index is 0.317. The molecule has 1 saturated heterocycles. The van der Waals surface area contributed by atoms with Crippen molar-refractivity contribution in [1.82, 2.24) is 9.97 Å². The first kappa shape index (κ1) is 14.6. The number of thioether (sulfide) groups is 1. The van der Waals surface area contributed by atoms with E-state index in [2.05, 4.69) is 36.1 Å². The van der Waals surface area contributed by atoms with Crippen molar-refractivity contribution in [3.05, 3.63) is 11.9 Å². The number of anilines is 1. The standard InChI is InChI=1S/C14H23N3OS/c1-4-6-11-13(15-5-2)16-9-17-14(11)19-12-7-8-18-10(12)3/h9-10,12H,4-8H2,1-3H3,(H,15,16,17). The highest BCUT2D eigenvalue weighted by atomic mass is 32.2. The molecule has 2 unspecified atom stereocenters. The van der Waals surface area contributed by atoms with Gasteiger partial charge in [0.15, 0.2) is 0 Å². The van der Waals surface area contributed by atoms with Crippen LogP contribution in [0.4, 0.5) is 5.82 Å². The summed E-state index contributed by atoms with van der Waals surface area (Å²) in [6.07, 6.45) is 5.22. The predicted octanol–water partition coefficient (Wildman–Crippen LogP) is 3.13. The molecule has 0 aromatic carbocycles. The summed E-state index contributed by atoms with van der Waals surface area (Å²) < 4.78 is 5.64. The topological polar surface area (TPSA) is 47.0 Å². The Kier molecular flexibility index (Phi) is 5.45. The van der Waals surface area contributed by atoms with Gasteiger partial charge in [0.25, 0.3) is 0 Å². The van der Waals surface area contributed by atoms with Crippen molar-refractivity contribution in [1.29, 1.82) is 0 Å². The second-order valence-electron chi connectivity index (χ2n) is 4.81. The van der Waals surface area contributed by atoms with E-state index in [0.717, 1.165) is 43.3 Å². The Morgan fingerprint density at radius 1 is 1.42 bits per heavy atom. The van der Waals surface area contributed by atoms with Crippen LogP contribution in [0.2, 0.25) is 0 Å². The van der Waals surface area contributed by atoms with Crippen LogP contribution in [0.5, 0.6) is 0 Å². The molecule has 1 aromatic rings. The van der Waals surface area contributed by atoms with E-state index in [1.165, 1.54) is 5.56 Å². The highest BCUT2D eigenvalue weighted by molar-refractivity contribution is 8.00. The third-order valence-electron chi connectivity index (χ3n) is 3.32. The van der Waals surface area contributed by atoms with Gasteiger partial charge in [-0.3, -0.25) is 0 Å². The van der Waals surface area contributed by atoms with E-state index in [1.807, 2.05) is 11.8 Å². The second-order valence-corrected chi connectivity index (χ2v) is 6.04. The van der Waals surface area contributed by atoms with Gasteiger partial charge in [-0.25, -0.2) is 9.97 Å². The highest BCUT2D eigenvalue weighted by Crippen LogP contribution is 2.35. The molecule has 0 spiro atoms. The minimum Gasteiger partial charge on any atom is -0.377 e. The van der Waals surface area contributed by atoms with Crippen molar-refractivity contribution >= 4 is 17.6 Å². The fourth-order valence-corrected chi connectivity index (χ4v) is 3.52. The van der Waals surface area contributed by atoms with Crippen molar-refractivity contribution in [2.45, 2.75) is 56.4 Å². The van der Waals surface area contributed by atoms with Crippen LogP contribution < -0.4 is 5.32 Å². The Bertz CT molecular complexity index is 414. The van der Waals surface area contributed by atoms with Crippen molar-refractivity contribution in [3.63, 3.8) is 0 Å². The van der Waals surface area contributed by atoms with E-state index >= 15 is 0 Å². The molecule has 1 aliphatic heterocycles. The van der Waals surface area contributed by atoms with Crippen molar-refractivity contribution in [2.24, 2.45) is 0 Å². The lowest BCUT2D eigenvalue weighted by atomic mass is 10.2. The van der Waals surface area contributed by atoms with E-state index in [4.69, 9.17) is 4.74 Å². The SMILES string of the molecule is CCCc1c(NCC)ncnc1SC1CCOC1C. The number of hydrogen-bond donors (Lipinski definition) is 1. The first-order valence-corrected chi connectivity index (χ1v) is 8.00. The molecule has 1 aromatic heterocycles. The van der Waals surface area contributed by atoms with Crippen LogP contribution in [0.1, 0.15) is 39.2 Å². The smallest absolute Gasteiger partial charge is 0.133 e. The van der Waals surface area contributed by atoms with Gasteiger partial charge in [0.1, 0.15) is 17.2 Å². The molecule has 0 radical (unpaired) electrons. The molecular formula is C14H23N3OS. The Morgan fingerprint density at radius 3 is 2.89 bits per heavy atom. The van der Waals surface area contributed by atoms with Crippen LogP contribution in [-0.2, 0) is 11.2 Å². The summed E-state index contributed by atoms with van der Waals surface area (Å²) in [6.45, 7) is 8.19. The fourth-order valence-electron chi connectivity index (χ4n) is 2.30. The van der Waals surface area contributed by atoms with Gasteiger partial charge in [0, 0.05) is 24.0 Å². The number of aromatic nitrogens is 2. The molecule has 2 heterocycles. The first-order valence-electron chi connectivity index (χ1n) is 7.12. The summed E-state index contributed by atoms with van der Waals surface area (Å²) in [5, 5.41) is 4.98. The van der Waals surface area contributed by atoms with Crippen molar-refractivity contribution < 1.29 is 4.74 Å². The van der Waals surface area contributed by atoms with Crippen LogP contribution in [0.3, 0.4) is 0 Å². The van der Waals surface area contributed by atoms with Gasteiger partial charge in [-0.05, 0) is 26.7 Å². The molecule has 0 saturated carbocycles. The van der Waals surface area contributed by atoms with Crippen molar-refractivity contribution in [2.75, 3.05) is 18.5 Å². The van der Waals surface area contributed by atoms with Gasteiger partial charge in [-0.2, -0.15) is 0 Å². The van der Waals surface area contributed by atoms with Gasteiger partial charge < -0.3 is 10.1 Å². The molecule has 1 fully saturated rings. The molecule has 1 N–H and O–H groups in total. The number of rotatable bonds is 6. The monoisotopic (exact) mass is 281 g/mol. The van der Waals surface area contributed by atoms with Gasteiger partial charge in [0.05, 0.1) is 6.10 Å². The summed E-state index contributed by atoms with van der Waals surface area (Å²) in [5.41, 5.74) is 1.26. The molecule has 19 heavy (non-hydrogen) atoms. The molecule has 2 atom stereocenters. The van der Waals surface area contributed by atoms with Crippen LogP contribution in [0.25, 0.3) is 0 Å². The van der Waals surface area contributed by atoms with Gasteiger partial charge in [-0.15, -0.1) is 0 Å². The van der Waals surface area contributed by atoms with Gasteiger partial charge in [-0.1, -0.05) is 25.1 Å². The predicted molar refractivity (Wildman–Crippen MR) is 79.9 cm³/mol. The largest absolute Gasteiger partial charge is 0.377 e. The van der Waals surface area contributed by atoms with E-state index in [9.17, 15) is 0 Å². The average Bonchev–Trinajstić information content (AvgIpc) is 2.79. The van der Waals surface area contributed by atoms with E-state index in [1.54, 1.807) is 6.33 Å². The summed E-state index contributed by atoms with van der Waals surface area (Å²) in [5.74, 6) is 0.994. The normalized spacial score (nSPS) is 22.7. The summed E-state index contributed by atoms with van der Waals surface area (Å²) >= 11 is 1.85. The number of nitrogens with one attached hydrogen (secondary N) is 1. The molecule has 2 rings (SSSR count). The molecule has 0 aliphatic carbocycles. The van der Waals surface area contributed by atoms with Crippen LogP contribution in [0, 0.1) is 0 Å². The summed E-state index contributed by atoms with van der Waals surface area (Å²) in [6, 6.07) is 0. The zero-order valence-corrected chi connectivity index (χ0v) is 12.8. The highest BCUT2D eigenvalue weighted by Gasteiger charge is 2.27. The van der Waals surface area contributed by atoms with E-state index < -0.39 is 0 Å². The number of nitrogens with zero attached hydrogens (tertiary/aromatic N) is 2. The lowest BCUT2D eigenvalue weighted by Crippen LogP contribution is -2.14. The first-order chi connectivity index (χ1) is 9.26. The van der Waals surface area contributed by atoms with Crippen LogP contribution in [-0.4, -0.2) is 34.5 Å². The lowest BCUT2D eigenvalue weighted by Gasteiger charge is -2.17. The van der Waals surface area contributed by atoms with Crippen LogP contribution >= 0.6 is 11.8 Å². The molecule has 5 heteroatoms. The molecule has 1 aliphatic rings. The van der Waals surface area contributed by atoms with E-state index in [0.29, 0.717) is 11.4 Å². The molecule has 4 nitrogen and oxygen atoms in total. The third-order valence-corrected chi connectivity index (χ3v) is 4.82. The Morgan fingerprint density at radius 2 is 2.26 bits per heavy atom.